The van der Waals surface area contributed by atoms with E-state index in [-0.39, 0.29) is 18.5 Å². The Morgan fingerprint density at radius 2 is 1.96 bits per heavy atom. The molecule has 0 aliphatic heterocycles. The van der Waals surface area contributed by atoms with E-state index in [0.717, 1.165) is 18.2 Å². The summed E-state index contributed by atoms with van der Waals surface area (Å²) in [5.74, 6) is -2.51. The lowest BCUT2D eigenvalue weighted by molar-refractivity contribution is -0.147. The molecule has 1 N–H and O–H groups in total. The lowest BCUT2D eigenvalue weighted by atomic mass is 10.3. The van der Waals surface area contributed by atoms with Gasteiger partial charge < -0.3 is 14.5 Å². The summed E-state index contributed by atoms with van der Waals surface area (Å²) in [6, 6.07) is 9.84. The zero-order valence-corrected chi connectivity index (χ0v) is 13.5. The summed E-state index contributed by atoms with van der Waals surface area (Å²) in [6.07, 6.45) is 0.183. The van der Waals surface area contributed by atoms with Crippen LogP contribution in [-0.2, 0) is 20.7 Å². The van der Waals surface area contributed by atoms with Crippen LogP contribution in [-0.4, -0.2) is 23.5 Å². The van der Waals surface area contributed by atoms with Crippen LogP contribution in [0, 0.1) is 11.6 Å². The number of anilines is 1. The molecule has 0 aliphatic carbocycles. The molecule has 3 aromatic rings. The van der Waals surface area contributed by atoms with Crippen LogP contribution >= 0.6 is 0 Å². The van der Waals surface area contributed by atoms with Crippen molar-refractivity contribution >= 4 is 28.7 Å². The Bertz CT molecular complexity index is 922. The van der Waals surface area contributed by atoms with Gasteiger partial charge in [-0.2, -0.15) is 0 Å². The minimum Gasteiger partial charge on any atom is -0.456 e. The topological polar surface area (TPSA) is 81.4 Å². The van der Waals surface area contributed by atoms with Gasteiger partial charge in [-0.25, -0.2) is 13.8 Å². The van der Waals surface area contributed by atoms with E-state index in [0.29, 0.717) is 17.0 Å². The number of nitrogens with zero attached hydrogens (tertiary/aromatic N) is 1. The van der Waals surface area contributed by atoms with Gasteiger partial charge in [0.2, 0.25) is 0 Å². The normalized spacial score (nSPS) is 10.7. The van der Waals surface area contributed by atoms with E-state index in [4.69, 9.17) is 9.15 Å². The Labute approximate surface area is 146 Å². The molecule has 0 unspecified atom stereocenters. The number of oxazole rings is 1. The van der Waals surface area contributed by atoms with E-state index in [1.165, 1.54) is 0 Å². The summed E-state index contributed by atoms with van der Waals surface area (Å²) >= 11 is 0. The van der Waals surface area contributed by atoms with Crippen molar-refractivity contribution in [3.8, 4) is 0 Å². The van der Waals surface area contributed by atoms with E-state index in [1.54, 1.807) is 12.1 Å². The molecule has 26 heavy (non-hydrogen) atoms. The van der Waals surface area contributed by atoms with Gasteiger partial charge in [-0.1, -0.05) is 12.1 Å². The number of ether oxygens (including phenoxy) is 1. The van der Waals surface area contributed by atoms with Gasteiger partial charge in [-0.3, -0.25) is 9.59 Å². The van der Waals surface area contributed by atoms with Crippen molar-refractivity contribution in [3.63, 3.8) is 0 Å². The number of hydrogen-bond donors (Lipinski definition) is 1. The Morgan fingerprint density at radius 3 is 2.77 bits per heavy atom. The summed E-state index contributed by atoms with van der Waals surface area (Å²) in [4.78, 5) is 27.6. The number of rotatable bonds is 6. The van der Waals surface area contributed by atoms with Gasteiger partial charge in [0.15, 0.2) is 18.1 Å². The molecular weight excluding hydrogens is 346 g/mol. The zero-order chi connectivity index (χ0) is 18.5. The molecule has 3 rings (SSSR count). The number of fused-ring (bicyclic) bond motifs is 1. The van der Waals surface area contributed by atoms with Gasteiger partial charge in [-0.05, 0) is 24.3 Å². The van der Waals surface area contributed by atoms with Gasteiger partial charge in [0.25, 0.3) is 5.91 Å². The maximum atomic E-state index is 13.4. The second kappa shape index (κ2) is 7.73. The number of carbonyl (C=O) groups excluding carboxylic acids is 2. The van der Waals surface area contributed by atoms with Crippen molar-refractivity contribution < 1.29 is 27.5 Å². The van der Waals surface area contributed by atoms with Crippen LogP contribution in [0.2, 0.25) is 0 Å². The number of amides is 1. The van der Waals surface area contributed by atoms with Crippen molar-refractivity contribution in [2.24, 2.45) is 0 Å². The fourth-order valence-corrected chi connectivity index (χ4v) is 2.23. The van der Waals surface area contributed by atoms with Crippen LogP contribution < -0.4 is 5.32 Å². The largest absolute Gasteiger partial charge is 0.456 e. The fourth-order valence-electron chi connectivity index (χ4n) is 2.23. The van der Waals surface area contributed by atoms with E-state index < -0.39 is 30.1 Å². The lowest BCUT2D eigenvalue weighted by Crippen LogP contribution is -2.21. The molecule has 0 atom stereocenters. The van der Waals surface area contributed by atoms with Gasteiger partial charge in [0.1, 0.15) is 17.2 Å². The quantitative estimate of drug-likeness (QED) is 0.683. The first-order chi connectivity index (χ1) is 12.5. The molecule has 0 aliphatic rings. The molecule has 8 heteroatoms. The van der Waals surface area contributed by atoms with Gasteiger partial charge >= 0.3 is 5.97 Å². The molecule has 0 radical (unpaired) electrons. The third kappa shape index (κ3) is 4.41. The molecule has 0 bridgehead atoms. The van der Waals surface area contributed by atoms with E-state index in [2.05, 4.69) is 10.3 Å². The van der Waals surface area contributed by atoms with Gasteiger partial charge in [0.05, 0.1) is 12.1 Å². The summed E-state index contributed by atoms with van der Waals surface area (Å²) < 4.78 is 36.7. The predicted molar refractivity (Wildman–Crippen MR) is 88.3 cm³/mol. The van der Waals surface area contributed by atoms with E-state index in [1.807, 2.05) is 12.1 Å². The highest BCUT2D eigenvalue weighted by Crippen LogP contribution is 2.16. The highest BCUT2D eigenvalue weighted by atomic mass is 19.1. The Kier molecular flexibility index (Phi) is 5.21. The highest BCUT2D eigenvalue weighted by Gasteiger charge is 2.13. The van der Waals surface area contributed by atoms with E-state index >= 15 is 0 Å². The minimum absolute atomic E-state index is 0.0333. The first kappa shape index (κ1) is 17.5. The average Bonchev–Trinajstić information content (AvgIpc) is 3.04. The Morgan fingerprint density at radius 1 is 1.15 bits per heavy atom. The third-order valence-corrected chi connectivity index (χ3v) is 3.45. The van der Waals surface area contributed by atoms with Crippen LogP contribution in [0.3, 0.4) is 0 Å². The smallest absolute Gasteiger partial charge is 0.306 e. The molecular formula is C18H14F2N2O4. The van der Waals surface area contributed by atoms with Crippen LogP contribution in [0.25, 0.3) is 11.1 Å². The second-order valence-corrected chi connectivity index (χ2v) is 5.41. The summed E-state index contributed by atoms with van der Waals surface area (Å²) in [5, 5.41) is 2.14. The van der Waals surface area contributed by atoms with Crippen molar-refractivity contribution in [3.05, 3.63) is 60.0 Å². The summed E-state index contributed by atoms with van der Waals surface area (Å²) in [7, 11) is 0. The molecule has 6 nitrogen and oxygen atoms in total. The number of para-hydroxylation sites is 2. The molecule has 134 valence electrons. The number of benzene rings is 2. The molecule has 0 saturated carbocycles. The first-order valence-electron chi connectivity index (χ1n) is 7.76. The Balaban J connectivity index is 1.46. The summed E-state index contributed by atoms with van der Waals surface area (Å²) in [6.45, 7) is -0.609. The molecule has 0 spiro atoms. The second-order valence-electron chi connectivity index (χ2n) is 5.41. The highest BCUT2D eigenvalue weighted by molar-refractivity contribution is 5.92. The third-order valence-electron chi connectivity index (χ3n) is 3.45. The maximum absolute atomic E-state index is 13.4. The van der Waals surface area contributed by atoms with Gasteiger partial charge in [-0.15, -0.1) is 0 Å². The van der Waals surface area contributed by atoms with Crippen LogP contribution in [0.15, 0.2) is 46.9 Å². The molecule has 1 aromatic heterocycles. The summed E-state index contributed by atoms with van der Waals surface area (Å²) in [5.41, 5.74) is 0.984. The SMILES string of the molecule is O=C(COC(=O)CCc1nc2ccccc2o1)Nc1cc(F)ccc1F. The maximum Gasteiger partial charge on any atom is 0.306 e. The number of esters is 1. The van der Waals surface area contributed by atoms with Crippen LogP contribution in [0.4, 0.5) is 14.5 Å². The number of halogens is 2. The standard InChI is InChI=1S/C18H14F2N2O4/c19-11-5-6-12(20)14(9-11)21-16(23)10-25-18(24)8-7-17-22-13-3-1-2-4-15(13)26-17/h1-6,9H,7-8,10H2,(H,21,23). The van der Waals surface area contributed by atoms with Crippen molar-refractivity contribution in [1.82, 2.24) is 4.98 Å². The van der Waals surface area contributed by atoms with Crippen LogP contribution in [0.5, 0.6) is 0 Å². The van der Waals surface area contributed by atoms with Crippen molar-refractivity contribution in [2.75, 3.05) is 11.9 Å². The lowest BCUT2D eigenvalue weighted by Gasteiger charge is -2.07. The number of hydrogen-bond acceptors (Lipinski definition) is 5. The molecule has 0 fully saturated rings. The number of aryl methyl sites for hydroxylation is 1. The molecule has 1 amide bonds. The number of carbonyl (C=O) groups is 2. The molecule has 1 heterocycles. The number of nitrogens with one attached hydrogen (secondary N) is 1. The Hall–Kier alpha value is -3.29. The first-order valence-corrected chi connectivity index (χ1v) is 7.76. The predicted octanol–water partition coefficient (Wildman–Crippen LogP) is 3.22. The minimum atomic E-state index is -0.790. The zero-order valence-electron chi connectivity index (χ0n) is 13.5. The number of aromatic nitrogens is 1. The molecule has 2 aromatic carbocycles. The monoisotopic (exact) mass is 360 g/mol. The van der Waals surface area contributed by atoms with Crippen molar-refractivity contribution in [1.29, 1.82) is 0 Å². The van der Waals surface area contributed by atoms with Crippen molar-refractivity contribution in [2.45, 2.75) is 12.8 Å². The average molecular weight is 360 g/mol. The fraction of sp³-hybridized carbons (Fsp3) is 0.167. The molecule has 0 saturated heterocycles. The van der Waals surface area contributed by atoms with Gasteiger partial charge in [0, 0.05) is 12.5 Å². The van der Waals surface area contributed by atoms with Crippen LogP contribution in [0.1, 0.15) is 12.3 Å². The van der Waals surface area contributed by atoms with E-state index in [9.17, 15) is 18.4 Å².